The van der Waals surface area contributed by atoms with Gasteiger partial charge in [-0.3, -0.25) is 9.59 Å². The number of rotatable bonds is 10. The highest BCUT2D eigenvalue weighted by Gasteiger charge is 2.30. The van der Waals surface area contributed by atoms with Crippen molar-refractivity contribution in [3.63, 3.8) is 0 Å². The van der Waals surface area contributed by atoms with Gasteiger partial charge in [-0.25, -0.2) is 8.42 Å². The number of carbonyl (C=O) groups is 2. The molecular formula is C19H28N2O5S. The van der Waals surface area contributed by atoms with E-state index in [1.165, 1.54) is 17.0 Å². The molecule has 0 aromatic heterocycles. The Kier molecular flexibility index (Phi) is 8.65. The minimum Gasteiger partial charge on any atom is -0.454 e. The summed E-state index contributed by atoms with van der Waals surface area (Å²) in [5.74, 6) is -1.50. The zero-order valence-electron chi connectivity index (χ0n) is 16.3. The number of benzene rings is 1. The summed E-state index contributed by atoms with van der Waals surface area (Å²) in [4.78, 5) is 26.1. The summed E-state index contributed by atoms with van der Waals surface area (Å²) >= 11 is 0. The molecule has 1 unspecified atom stereocenters. The van der Waals surface area contributed by atoms with E-state index in [2.05, 4.69) is 11.3 Å². The Labute approximate surface area is 161 Å². The van der Waals surface area contributed by atoms with Gasteiger partial charge in [0.25, 0.3) is 5.91 Å². The van der Waals surface area contributed by atoms with E-state index < -0.39 is 28.6 Å². The van der Waals surface area contributed by atoms with Crippen LogP contribution < -0.4 is 4.72 Å². The van der Waals surface area contributed by atoms with Crippen molar-refractivity contribution in [3.05, 3.63) is 42.5 Å². The van der Waals surface area contributed by atoms with Crippen LogP contribution in [0.1, 0.15) is 27.7 Å². The Morgan fingerprint density at radius 2 is 1.81 bits per heavy atom. The maximum Gasteiger partial charge on any atom is 0.324 e. The van der Waals surface area contributed by atoms with E-state index in [9.17, 15) is 18.0 Å². The average molecular weight is 397 g/mol. The van der Waals surface area contributed by atoms with Crippen LogP contribution in [0.15, 0.2) is 47.4 Å². The summed E-state index contributed by atoms with van der Waals surface area (Å²) in [6, 6.07) is 6.66. The lowest BCUT2D eigenvalue weighted by atomic mass is 10.1. The first-order chi connectivity index (χ1) is 12.6. The van der Waals surface area contributed by atoms with Crippen LogP contribution >= 0.6 is 0 Å². The lowest BCUT2D eigenvalue weighted by Crippen LogP contribution is -2.46. The topological polar surface area (TPSA) is 92.8 Å². The first-order valence-corrected chi connectivity index (χ1v) is 10.2. The minimum atomic E-state index is -3.88. The summed E-state index contributed by atoms with van der Waals surface area (Å²) in [5, 5.41) is 0. The number of hydrogen-bond acceptors (Lipinski definition) is 5. The Morgan fingerprint density at radius 3 is 2.30 bits per heavy atom. The maximum atomic E-state index is 12.5. The molecule has 1 atom stereocenters. The summed E-state index contributed by atoms with van der Waals surface area (Å²) in [5.41, 5.74) is 0.812. The molecule has 0 radical (unpaired) electrons. The van der Waals surface area contributed by atoms with Crippen molar-refractivity contribution in [1.29, 1.82) is 0 Å². The second kappa shape index (κ2) is 10.2. The number of amides is 1. The van der Waals surface area contributed by atoms with Crippen molar-refractivity contribution in [2.24, 2.45) is 5.92 Å². The van der Waals surface area contributed by atoms with Gasteiger partial charge in [0.1, 0.15) is 6.04 Å². The normalized spacial score (nSPS) is 12.5. The van der Waals surface area contributed by atoms with E-state index in [-0.39, 0.29) is 16.7 Å². The third-order valence-electron chi connectivity index (χ3n) is 3.79. The minimum absolute atomic E-state index is 0.0538. The van der Waals surface area contributed by atoms with Crippen molar-refractivity contribution in [2.75, 3.05) is 19.7 Å². The van der Waals surface area contributed by atoms with Crippen LogP contribution in [-0.4, -0.2) is 50.9 Å². The van der Waals surface area contributed by atoms with Gasteiger partial charge in [0, 0.05) is 13.1 Å². The summed E-state index contributed by atoms with van der Waals surface area (Å²) < 4.78 is 32.4. The van der Waals surface area contributed by atoms with Crippen LogP contribution in [0.25, 0.3) is 0 Å². The Hall–Kier alpha value is -2.19. The summed E-state index contributed by atoms with van der Waals surface area (Å²) in [6.45, 7) is 11.2. The van der Waals surface area contributed by atoms with E-state index in [1.807, 2.05) is 6.92 Å². The third kappa shape index (κ3) is 7.15. The number of nitrogens with zero attached hydrogens (tertiary/aromatic N) is 1. The molecule has 0 aliphatic carbocycles. The predicted molar refractivity (Wildman–Crippen MR) is 103 cm³/mol. The first kappa shape index (κ1) is 22.9. The highest BCUT2D eigenvalue weighted by atomic mass is 32.2. The number of esters is 1. The number of hydrogen-bond donors (Lipinski definition) is 1. The van der Waals surface area contributed by atoms with Gasteiger partial charge >= 0.3 is 5.97 Å². The van der Waals surface area contributed by atoms with E-state index in [0.29, 0.717) is 13.1 Å². The fraction of sp³-hybridized carbons (Fsp3) is 0.474. The fourth-order valence-corrected chi connectivity index (χ4v) is 3.66. The first-order valence-electron chi connectivity index (χ1n) is 8.74. The van der Waals surface area contributed by atoms with Gasteiger partial charge in [-0.15, -0.1) is 0 Å². The van der Waals surface area contributed by atoms with E-state index in [4.69, 9.17) is 4.74 Å². The molecule has 0 heterocycles. The highest BCUT2D eigenvalue weighted by molar-refractivity contribution is 7.89. The van der Waals surface area contributed by atoms with Gasteiger partial charge in [0.15, 0.2) is 6.61 Å². The number of nitrogens with one attached hydrogen (secondary N) is 1. The van der Waals surface area contributed by atoms with Crippen molar-refractivity contribution >= 4 is 21.9 Å². The smallest absolute Gasteiger partial charge is 0.324 e. The molecule has 0 fully saturated rings. The summed E-state index contributed by atoms with van der Waals surface area (Å²) in [7, 11) is -3.88. The third-order valence-corrected chi connectivity index (χ3v) is 5.25. The standard InChI is InChI=1S/C19H28N2O5S/c1-6-21(12-14(2)3)17(22)13-26-19(23)18(15(4)5)20-27(24,25)16-10-8-7-9-11-16/h7-11,15,18,20H,2,6,12-13H2,1,3-5H3. The van der Waals surface area contributed by atoms with Crippen molar-refractivity contribution < 1.29 is 22.7 Å². The molecule has 7 nitrogen and oxygen atoms in total. The molecule has 27 heavy (non-hydrogen) atoms. The molecule has 0 aliphatic rings. The van der Waals surface area contributed by atoms with Crippen LogP contribution in [0.3, 0.4) is 0 Å². The maximum absolute atomic E-state index is 12.5. The lowest BCUT2D eigenvalue weighted by Gasteiger charge is -2.23. The molecule has 1 N–H and O–H groups in total. The number of sulfonamides is 1. The Balaban J connectivity index is 2.79. The van der Waals surface area contributed by atoms with Crippen molar-refractivity contribution in [1.82, 2.24) is 9.62 Å². The van der Waals surface area contributed by atoms with E-state index >= 15 is 0 Å². The van der Waals surface area contributed by atoms with Crippen molar-refractivity contribution in [3.8, 4) is 0 Å². The van der Waals surface area contributed by atoms with E-state index in [0.717, 1.165) is 5.57 Å². The molecule has 0 spiro atoms. The van der Waals surface area contributed by atoms with Crippen LogP contribution in [0.2, 0.25) is 0 Å². The SMILES string of the molecule is C=C(C)CN(CC)C(=O)COC(=O)C(NS(=O)(=O)c1ccccc1)C(C)C. The predicted octanol–water partition coefficient (Wildman–Crippen LogP) is 1.96. The second-order valence-corrected chi connectivity index (χ2v) is 8.34. The number of carbonyl (C=O) groups excluding carboxylic acids is 2. The fourth-order valence-electron chi connectivity index (χ4n) is 2.31. The summed E-state index contributed by atoms with van der Waals surface area (Å²) in [6.07, 6.45) is 0. The van der Waals surface area contributed by atoms with Gasteiger partial charge in [-0.1, -0.05) is 44.2 Å². The van der Waals surface area contributed by atoms with Crippen LogP contribution in [0, 0.1) is 5.92 Å². The van der Waals surface area contributed by atoms with Crippen LogP contribution in [0.5, 0.6) is 0 Å². The number of ether oxygens (including phenoxy) is 1. The Morgan fingerprint density at radius 1 is 1.22 bits per heavy atom. The molecular weight excluding hydrogens is 368 g/mol. The zero-order valence-corrected chi connectivity index (χ0v) is 17.1. The molecule has 1 aromatic carbocycles. The zero-order chi connectivity index (χ0) is 20.6. The van der Waals surface area contributed by atoms with Crippen LogP contribution in [-0.2, 0) is 24.3 Å². The monoisotopic (exact) mass is 396 g/mol. The largest absolute Gasteiger partial charge is 0.454 e. The van der Waals surface area contributed by atoms with Gasteiger partial charge in [0.2, 0.25) is 10.0 Å². The molecule has 1 rings (SSSR count). The average Bonchev–Trinajstić information content (AvgIpc) is 2.62. The molecule has 1 amide bonds. The van der Waals surface area contributed by atoms with Gasteiger partial charge in [-0.05, 0) is 31.9 Å². The molecule has 0 saturated heterocycles. The number of likely N-dealkylation sites (N-methyl/N-ethyl adjacent to an activating group) is 1. The lowest BCUT2D eigenvalue weighted by molar-refractivity contribution is -0.154. The molecule has 0 aliphatic heterocycles. The molecule has 1 aromatic rings. The second-order valence-electron chi connectivity index (χ2n) is 6.63. The van der Waals surface area contributed by atoms with Gasteiger partial charge in [0.05, 0.1) is 4.90 Å². The van der Waals surface area contributed by atoms with Gasteiger partial charge < -0.3 is 9.64 Å². The molecule has 0 saturated carbocycles. The molecule has 0 bridgehead atoms. The van der Waals surface area contributed by atoms with E-state index in [1.54, 1.807) is 39.0 Å². The molecule has 150 valence electrons. The Bertz CT molecular complexity index is 760. The van der Waals surface area contributed by atoms with Gasteiger partial charge in [-0.2, -0.15) is 4.72 Å². The quantitative estimate of drug-likeness (QED) is 0.482. The molecule has 8 heteroatoms. The van der Waals surface area contributed by atoms with Crippen LogP contribution in [0.4, 0.5) is 0 Å². The highest BCUT2D eigenvalue weighted by Crippen LogP contribution is 2.12. The van der Waals surface area contributed by atoms with Crippen molar-refractivity contribution in [2.45, 2.75) is 38.6 Å².